The Labute approximate surface area is 102 Å². The van der Waals surface area contributed by atoms with Gasteiger partial charge in [-0.05, 0) is 25.8 Å². The Morgan fingerprint density at radius 2 is 2.24 bits per heavy atom. The van der Waals surface area contributed by atoms with E-state index in [0.717, 1.165) is 31.3 Å². The van der Waals surface area contributed by atoms with Crippen LogP contribution in [0.25, 0.3) is 0 Å². The van der Waals surface area contributed by atoms with Gasteiger partial charge in [-0.15, -0.1) is 0 Å². The van der Waals surface area contributed by atoms with Crippen molar-refractivity contribution in [3.8, 4) is 0 Å². The van der Waals surface area contributed by atoms with Gasteiger partial charge >= 0.3 is 0 Å². The topological polar surface area (TPSA) is 68.2 Å². The van der Waals surface area contributed by atoms with Crippen LogP contribution in [0, 0.1) is 5.92 Å². The number of nitrogens with two attached hydrogens (primary N) is 1. The highest BCUT2D eigenvalue weighted by Gasteiger charge is 2.26. The van der Waals surface area contributed by atoms with Crippen molar-refractivity contribution in [3.63, 3.8) is 0 Å². The average Bonchev–Trinajstić information content (AvgIpc) is 2.87. The van der Waals surface area contributed by atoms with Gasteiger partial charge in [-0.1, -0.05) is 19.0 Å². The number of aromatic nitrogens is 2. The van der Waals surface area contributed by atoms with Crippen molar-refractivity contribution in [2.45, 2.75) is 45.7 Å². The molecule has 0 radical (unpaired) electrons. The Morgan fingerprint density at radius 1 is 1.47 bits per heavy atom. The number of hydrogen-bond acceptors (Lipinski definition) is 5. The molecule has 17 heavy (non-hydrogen) atoms. The highest BCUT2D eigenvalue weighted by Crippen LogP contribution is 2.20. The lowest BCUT2D eigenvalue weighted by Gasteiger charge is -2.15. The molecule has 2 rings (SSSR count). The summed E-state index contributed by atoms with van der Waals surface area (Å²) in [4.78, 5) is 6.73. The highest BCUT2D eigenvalue weighted by atomic mass is 16.5. The zero-order valence-corrected chi connectivity index (χ0v) is 10.9. The lowest BCUT2D eigenvalue weighted by molar-refractivity contribution is 0.256. The molecule has 0 bridgehead atoms. The van der Waals surface area contributed by atoms with Crippen LogP contribution in [0.1, 0.15) is 44.8 Å². The van der Waals surface area contributed by atoms with Crippen LogP contribution in [-0.2, 0) is 6.54 Å². The summed E-state index contributed by atoms with van der Waals surface area (Å²) in [5.74, 6) is 2.44. The van der Waals surface area contributed by atoms with E-state index >= 15 is 0 Å². The van der Waals surface area contributed by atoms with E-state index in [0.29, 0.717) is 11.8 Å². The van der Waals surface area contributed by atoms with Crippen molar-refractivity contribution >= 4 is 0 Å². The van der Waals surface area contributed by atoms with Gasteiger partial charge in [0.1, 0.15) is 0 Å². The van der Waals surface area contributed by atoms with Gasteiger partial charge in [0.15, 0.2) is 5.82 Å². The fourth-order valence-electron chi connectivity index (χ4n) is 2.19. The van der Waals surface area contributed by atoms with E-state index in [1.807, 2.05) is 0 Å². The fourth-order valence-corrected chi connectivity index (χ4v) is 2.19. The van der Waals surface area contributed by atoms with Crippen molar-refractivity contribution in [3.05, 3.63) is 11.7 Å². The van der Waals surface area contributed by atoms with Crippen LogP contribution in [-0.4, -0.2) is 34.2 Å². The molecule has 1 fully saturated rings. The second-order valence-corrected chi connectivity index (χ2v) is 5.34. The van der Waals surface area contributed by atoms with E-state index in [2.05, 4.69) is 35.8 Å². The maximum absolute atomic E-state index is 5.92. The van der Waals surface area contributed by atoms with Crippen LogP contribution in [0.5, 0.6) is 0 Å². The van der Waals surface area contributed by atoms with Crippen LogP contribution in [0.4, 0.5) is 0 Å². The van der Waals surface area contributed by atoms with Crippen molar-refractivity contribution in [2.75, 3.05) is 13.1 Å². The summed E-state index contributed by atoms with van der Waals surface area (Å²) < 4.78 is 5.25. The van der Waals surface area contributed by atoms with Gasteiger partial charge in [-0.3, -0.25) is 4.90 Å². The largest absolute Gasteiger partial charge is 0.338 e. The van der Waals surface area contributed by atoms with E-state index in [9.17, 15) is 0 Å². The summed E-state index contributed by atoms with van der Waals surface area (Å²) in [6.07, 6.45) is 1.17. The Kier molecular flexibility index (Phi) is 3.79. The zero-order chi connectivity index (χ0) is 12.4. The Balaban J connectivity index is 1.89. The molecule has 5 heteroatoms. The van der Waals surface area contributed by atoms with E-state index in [4.69, 9.17) is 10.3 Å². The van der Waals surface area contributed by atoms with Gasteiger partial charge in [0.2, 0.25) is 5.89 Å². The lowest BCUT2D eigenvalue weighted by atomic mass is 10.0. The van der Waals surface area contributed by atoms with Crippen molar-refractivity contribution in [1.82, 2.24) is 15.0 Å². The van der Waals surface area contributed by atoms with Crippen molar-refractivity contribution < 1.29 is 4.52 Å². The molecular formula is C12H22N4O. The molecule has 1 saturated heterocycles. The van der Waals surface area contributed by atoms with E-state index < -0.39 is 0 Å². The molecule has 1 aromatic heterocycles. The molecule has 0 aromatic carbocycles. The van der Waals surface area contributed by atoms with E-state index in [1.54, 1.807) is 0 Å². The molecule has 2 atom stereocenters. The van der Waals surface area contributed by atoms with Crippen molar-refractivity contribution in [2.24, 2.45) is 11.7 Å². The predicted molar refractivity (Wildman–Crippen MR) is 65.4 cm³/mol. The zero-order valence-electron chi connectivity index (χ0n) is 10.9. The third-order valence-electron chi connectivity index (χ3n) is 3.41. The molecular weight excluding hydrogens is 216 g/mol. The second-order valence-electron chi connectivity index (χ2n) is 5.34. The molecule has 2 heterocycles. The third-order valence-corrected chi connectivity index (χ3v) is 3.41. The number of hydrogen-bond donors (Lipinski definition) is 1. The molecule has 0 saturated carbocycles. The SMILES string of the molecule is CC(C)c1noc(CN2CCC(C(C)N)C2)n1. The van der Waals surface area contributed by atoms with Gasteiger partial charge in [0.25, 0.3) is 0 Å². The van der Waals surface area contributed by atoms with Crippen LogP contribution < -0.4 is 5.73 Å². The Morgan fingerprint density at radius 3 is 2.76 bits per heavy atom. The molecule has 0 spiro atoms. The normalized spacial score (nSPS) is 23.5. The van der Waals surface area contributed by atoms with Gasteiger partial charge in [0.05, 0.1) is 6.54 Å². The molecule has 96 valence electrons. The summed E-state index contributed by atoms with van der Waals surface area (Å²) in [6.45, 7) is 9.08. The maximum atomic E-state index is 5.92. The van der Waals surface area contributed by atoms with Crippen LogP contribution in [0.2, 0.25) is 0 Å². The molecule has 2 N–H and O–H groups in total. The quantitative estimate of drug-likeness (QED) is 0.858. The molecule has 1 aliphatic rings. The van der Waals surface area contributed by atoms with Crippen LogP contribution in [0.3, 0.4) is 0 Å². The molecule has 1 aromatic rings. The summed E-state index contributed by atoms with van der Waals surface area (Å²) >= 11 is 0. The third kappa shape index (κ3) is 3.04. The number of likely N-dealkylation sites (tertiary alicyclic amines) is 1. The average molecular weight is 238 g/mol. The smallest absolute Gasteiger partial charge is 0.240 e. The van der Waals surface area contributed by atoms with Gasteiger partial charge in [-0.2, -0.15) is 4.98 Å². The second kappa shape index (κ2) is 5.14. The van der Waals surface area contributed by atoms with Crippen molar-refractivity contribution in [1.29, 1.82) is 0 Å². The molecule has 0 aliphatic carbocycles. The first-order chi connectivity index (χ1) is 8.06. The number of rotatable bonds is 4. The van der Waals surface area contributed by atoms with E-state index in [-0.39, 0.29) is 6.04 Å². The highest BCUT2D eigenvalue weighted by molar-refractivity contribution is 4.92. The maximum Gasteiger partial charge on any atom is 0.240 e. The minimum Gasteiger partial charge on any atom is -0.338 e. The van der Waals surface area contributed by atoms with Crippen LogP contribution >= 0.6 is 0 Å². The minimum absolute atomic E-state index is 0.272. The first-order valence-corrected chi connectivity index (χ1v) is 6.36. The predicted octanol–water partition coefficient (Wildman–Crippen LogP) is 1.36. The Hall–Kier alpha value is -0.940. The molecule has 1 aliphatic heterocycles. The minimum atomic E-state index is 0.272. The molecule has 0 amide bonds. The Bertz CT molecular complexity index is 361. The monoisotopic (exact) mass is 238 g/mol. The standard InChI is InChI=1S/C12H22N4O/c1-8(2)12-14-11(17-15-12)7-16-5-4-10(6-16)9(3)13/h8-10H,4-7,13H2,1-3H3. The van der Waals surface area contributed by atoms with Gasteiger partial charge < -0.3 is 10.3 Å². The first kappa shape index (κ1) is 12.5. The lowest BCUT2D eigenvalue weighted by Crippen LogP contribution is -2.29. The summed E-state index contributed by atoms with van der Waals surface area (Å²) in [6, 6.07) is 0.272. The summed E-state index contributed by atoms with van der Waals surface area (Å²) in [7, 11) is 0. The first-order valence-electron chi connectivity index (χ1n) is 6.36. The summed E-state index contributed by atoms with van der Waals surface area (Å²) in [5, 5.41) is 3.97. The fraction of sp³-hybridized carbons (Fsp3) is 0.833. The van der Waals surface area contributed by atoms with Gasteiger partial charge in [-0.25, -0.2) is 0 Å². The molecule has 5 nitrogen and oxygen atoms in total. The summed E-state index contributed by atoms with van der Waals surface area (Å²) in [5.41, 5.74) is 5.92. The number of nitrogens with zero attached hydrogens (tertiary/aromatic N) is 3. The van der Waals surface area contributed by atoms with Crippen LogP contribution in [0.15, 0.2) is 4.52 Å². The van der Waals surface area contributed by atoms with E-state index in [1.165, 1.54) is 6.42 Å². The van der Waals surface area contributed by atoms with Gasteiger partial charge in [0, 0.05) is 18.5 Å². The molecule has 2 unspecified atom stereocenters.